The summed E-state index contributed by atoms with van der Waals surface area (Å²) in [6.07, 6.45) is 2.61. The first-order valence-electron chi connectivity index (χ1n) is 7.20. The summed E-state index contributed by atoms with van der Waals surface area (Å²) in [4.78, 5) is 2.63. The van der Waals surface area contributed by atoms with Crippen molar-refractivity contribution in [1.29, 1.82) is 0 Å². The highest BCUT2D eigenvalue weighted by Crippen LogP contribution is 2.19. The van der Waals surface area contributed by atoms with Gasteiger partial charge in [-0.2, -0.15) is 0 Å². The number of rotatable bonds is 4. The van der Waals surface area contributed by atoms with Gasteiger partial charge in [-0.05, 0) is 39.2 Å². The predicted molar refractivity (Wildman–Crippen MR) is 77.6 cm³/mol. The van der Waals surface area contributed by atoms with E-state index in [1.54, 1.807) is 0 Å². The number of nitrogens with zero attached hydrogens (tertiary/aromatic N) is 1. The van der Waals surface area contributed by atoms with Gasteiger partial charge in [0.15, 0.2) is 0 Å². The third kappa shape index (κ3) is 3.56. The molecule has 0 radical (unpaired) electrons. The van der Waals surface area contributed by atoms with Crippen molar-refractivity contribution in [3.05, 3.63) is 35.9 Å². The molecule has 1 aromatic carbocycles. The molecule has 1 aromatic rings. The highest BCUT2D eigenvalue weighted by atomic mass is 15.2. The van der Waals surface area contributed by atoms with Crippen molar-refractivity contribution in [3.63, 3.8) is 0 Å². The van der Waals surface area contributed by atoms with Gasteiger partial charge in [-0.1, -0.05) is 30.3 Å². The Balaban J connectivity index is 2.00. The smallest absolute Gasteiger partial charge is 0.0239 e. The molecule has 1 aliphatic heterocycles. The third-order valence-corrected chi connectivity index (χ3v) is 3.98. The van der Waals surface area contributed by atoms with Gasteiger partial charge in [0.2, 0.25) is 0 Å². The van der Waals surface area contributed by atoms with Gasteiger partial charge in [-0.25, -0.2) is 0 Å². The van der Waals surface area contributed by atoms with Gasteiger partial charge >= 0.3 is 0 Å². The molecule has 1 aliphatic rings. The zero-order chi connectivity index (χ0) is 13.0. The van der Waals surface area contributed by atoms with E-state index >= 15 is 0 Å². The number of benzene rings is 1. The Kier molecular flexibility index (Phi) is 4.79. The van der Waals surface area contributed by atoms with Crippen LogP contribution < -0.4 is 5.32 Å². The number of nitrogens with one attached hydrogen (secondary N) is 1. The Hall–Kier alpha value is -0.860. The summed E-state index contributed by atoms with van der Waals surface area (Å²) in [5.41, 5.74) is 1.42. The molecular formula is C16H26N2. The zero-order valence-corrected chi connectivity index (χ0v) is 11.9. The lowest BCUT2D eigenvalue weighted by atomic mass is 9.99. The molecule has 0 spiro atoms. The van der Waals surface area contributed by atoms with Gasteiger partial charge in [0, 0.05) is 31.2 Å². The molecule has 1 N–H and O–H groups in total. The number of hydrogen-bond donors (Lipinski definition) is 1. The maximum atomic E-state index is 3.61. The first-order valence-corrected chi connectivity index (χ1v) is 7.20. The summed E-state index contributed by atoms with van der Waals surface area (Å²) in [5, 5.41) is 3.61. The Morgan fingerprint density at radius 3 is 2.50 bits per heavy atom. The van der Waals surface area contributed by atoms with Crippen molar-refractivity contribution in [3.8, 4) is 0 Å². The molecule has 1 saturated heterocycles. The molecule has 1 fully saturated rings. The second kappa shape index (κ2) is 6.35. The van der Waals surface area contributed by atoms with Crippen molar-refractivity contribution in [2.24, 2.45) is 0 Å². The van der Waals surface area contributed by atoms with Crippen LogP contribution in [0.25, 0.3) is 0 Å². The van der Waals surface area contributed by atoms with E-state index in [0.717, 1.165) is 13.1 Å². The van der Waals surface area contributed by atoms with Crippen molar-refractivity contribution in [2.45, 2.75) is 58.3 Å². The van der Waals surface area contributed by atoms with Crippen LogP contribution in [0.1, 0.15) is 39.2 Å². The molecule has 2 atom stereocenters. The minimum absolute atomic E-state index is 0.602. The van der Waals surface area contributed by atoms with Crippen LogP contribution in [0.2, 0.25) is 0 Å². The molecule has 0 amide bonds. The fraction of sp³-hybridized carbons (Fsp3) is 0.625. The summed E-state index contributed by atoms with van der Waals surface area (Å²) in [7, 11) is 0. The van der Waals surface area contributed by atoms with Crippen LogP contribution in [-0.2, 0) is 6.54 Å². The summed E-state index contributed by atoms with van der Waals surface area (Å²) in [6, 6.07) is 12.8. The van der Waals surface area contributed by atoms with E-state index in [2.05, 4.69) is 61.3 Å². The normalized spacial score (nSPS) is 24.7. The topological polar surface area (TPSA) is 15.3 Å². The monoisotopic (exact) mass is 246 g/mol. The molecule has 0 saturated carbocycles. The lowest BCUT2D eigenvalue weighted by molar-refractivity contribution is 0.112. The van der Waals surface area contributed by atoms with Crippen LogP contribution in [0.15, 0.2) is 30.3 Å². The quantitative estimate of drug-likeness (QED) is 0.878. The van der Waals surface area contributed by atoms with Gasteiger partial charge in [-0.3, -0.25) is 4.90 Å². The SMILES string of the molecule is CC1CCC(N(Cc2ccccc2)C(C)C)CN1. The Morgan fingerprint density at radius 2 is 1.94 bits per heavy atom. The molecule has 2 rings (SSSR count). The second-order valence-electron chi connectivity index (χ2n) is 5.79. The zero-order valence-electron chi connectivity index (χ0n) is 11.9. The Bertz CT molecular complexity index is 339. The average Bonchev–Trinajstić information content (AvgIpc) is 2.38. The van der Waals surface area contributed by atoms with Gasteiger partial charge < -0.3 is 5.32 Å². The molecule has 0 bridgehead atoms. The van der Waals surface area contributed by atoms with Crippen LogP contribution in [0, 0.1) is 0 Å². The van der Waals surface area contributed by atoms with Crippen LogP contribution in [0.4, 0.5) is 0 Å². The van der Waals surface area contributed by atoms with E-state index in [0.29, 0.717) is 18.1 Å². The van der Waals surface area contributed by atoms with Crippen LogP contribution >= 0.6 is 0 Å². The van der Waals surface area contributed by atoms with Gasteiger partial charge in [-0.15, -0.1) is 0 Å². The van der Waals surface area contributed by atoms with E-state index in [9.17, 15) is 0 Å². The average molecular weight is 246 g/mol. The lowest BCUT2D eigenvalue weighted by Crippen LogP contribution is -2.50. The molecule has 0 aliphatic carbocycles. The minimum Gasteiger partial charge on any atom is -0.313 e. The maximum Gasteiger partial charge on any atom is 0.0239 e. The minimum atomic E-state index is 0.602. The van der Waals surface area contributed by atoms with E-state index in [-0.39, 0.29) is 0 Å². The summed E-state index contributed by atoms with van der Waals surface area (Å²) < 4.78 is 0. The summed E-state index contributed by atoms with van der Waals surface area (Å²) in [5.74, 6) is 0. The molecule has 100 valence electrons. The van der Waals surface area contributed by atoms with E-state index in [1.807, 2.05) is 0 Å². The first kappa shape index (κ1) is 13.6. The fourth-order valence-corrected chi connectivity index (χ4v) is 2.79. The van der Waals surface area contributed by atoms with Gasteiger partial charge in [0.1, 0.15) is 0 Å². The molecule has 1 heterocycles. The lowest BCUT2D eigenvalue weighted by Gasteiger charge is -2.39. The van der Waals surface area contributed by atoms with Crippen molar-refractivity contribution < 1.29 is 0 Å². The number of hydrogen-bond acceptors (Lipinski definition) is 2. The van der Waals surface area contributed by atoms with Gasteiger partial charge in [0.05, 0.1) is 0 Å². The highest BCUT2D eigenvalue weighted by molar-refractivity contribution is 5.14. The first-order chi connectivity index (χ1) is 8.66. The maximum absolute atomic E-state index is 3.61. The van der Waals surface area contributed by atoms with Crippen LogP contribution in [0.5, 0.6) is 0 Å². The Labute approximate surface area is 111 Å². The molecule has 0 aromatic heterocycles. The number of piperidine rings is 1. The molecule has 2 heteroatoms. The molecular weight excluding hydrogens is 220 g/mol. The van der Waals surface area contributed by atoms with Crippen molar-refractivity contribution in [2.75, 3.05) is 6.54 Å². The largest absolute Gasteiger partial charge is 0.313 e. The third-order valence-electron chi connectivity index (χ3n) is 3.98. The van der Waals surface area contributed by atoms with E-state index in [1.165, 1.54) is 18.4 Å². The molecule has 2 nitrogen and oxygen atoms in total. The fourth-order valence-electron chi connectivity index (χ4n) is 2.79. The van der Waals surface area contributed by atoms with Gasteiger partial charge in [0.25, 0.3) is 0 Å². The van der Waals surface area contributed by atoms with E-state index < -0.39 is 0 Å². The van der Waals surface area contributed by atoms with Crippen molar-refractivity contribution in [1.82, 2.24) is 10.2 Å². The molecule has 18 heavy (non-hydrogen) atoms. The van der Waals surface area contributed by atoms with E-state index in [4.69, 9.17) is 0 Å². The summed E-state index contributed by atoms with van der Waals surface area (Å²) >= 11 is 0. The van der Waals surface area contributed by atoms with Crippen LogP contribution in [-0.4, -0.2) is 29.6 Å². The standard InChI is InChI=1S/C16H26N2/c1-13(2)18(12-15-7-5-4-6-8-15)16-10-9-14(3)17-11-16/h4-8,13-14,16-17H,9-12H2,1-3H3. The highest BCUT2D eigenvalue weighted by Gasteiger charge is 2.25. The second-order valence-corrected chi connectivity index (χ2v) is 5.79. The summed E-state index contributed by atoms with van der Waals surface area (Å²) in [6.45, 7) is 9.10. The van der Waals surface area contributed by atoms with Crippen molar-refractivity contribution >= 4 is 0 Å². The predicted octanol–water partition coefficient (Wildman–Crippen LogP) is 3.04. The van der Waals surface area contributed by atoms with Crippen LogP contribution in [0.3, 0.4) is 0 Å². The Morgan fingerprint density at radius 1 is 1.22 bits per heavy atom. The molecule has 2 unspecified atom stereocenters.